The maximum absolute atomic E-state index is 13.4. The molecule has 1 heterocycles. The third kappa shape index (κ3) is 2.69. The highest BCUT2D eigenvalue weighted by Gasteiger charge is 2.71. The summed E-state index contributed by atoms with van der Waals surface area (Å²) in [6.07, 6.45) is 8.16. The molecular weight excluding hydrogens is 432 g/mol. The second-order valence-electron chi connectivity index (χ2n) is 12.0. The average molecular weight is 467 g/mol. The van der Waals surface area contributed by atoms with Crippen LogP contribution in [0.1, 0.15) is 65.9 Å². The summed E-state index contributed by atoms with van der Waals surface area (Å²) in [6, 6.07) is 1.78. The SMILES string of the molecule is CC(=O)O[C@@H]1C[C@H]2C(C)(C)C(=O)C=C[C@]2(C)[C@H]2CC(O)[C@]3(C)C(=CC(=O)[C@H]3c3ccoc3)[C@@]21C. The zero-order chi connectivity index (χ0) is 24.8. The quantitative estimate of drug-likeness (QED) is 0.650. The van der Waals surface area contributed by atoms with E-state index in [1.807, 2.05) is 26.8 Å². The second-order valence-corrected chi connectivity index (χ2v) is 12.0. The average Bonchev–Trinajstić information content (AvgIpc) is 3.36. The van der Waals surface area contributed by atoms with E-state index in [1.165, 1.54) is 6.92 Å². The summed E-state index contributed by atoms with van der Waals surface area (Å²) >= 11 is 0. The molecule has 2 saturated carbocycles. The summed E-state index contributed by atoms with van der Waals surface area (Å²) in [7, 11) is 0. The molecule has 1 aromatic heterocycles. The summed E-state index contributed by atoms with van der Waals surface area (Å²) < 4.78 is 11.3. The van der Waals surface area contributed by atoms with Crippen molar-refractivity contribution in [2.75, 3.05) is 0 Å². The first-order valence-corrected chi connectivity index (χ1v) is 12.2. The van der Waals surface area contributed by atoms with E-state index in [9.17, 15) is 19.5 Å². The van der Waals surface area contributed by atoms with E-state index < -0.39 is 39.8 Å². The number of fused-ring (bicyclic) bond motifs is 5. The van der Waals surface area contributed by atoms with E-state index in [4.69, 9.17) is 9.15 Å². The van der Waals surface area contributed by atoms with E-state index in [0.717, 1.165) is 11.1 Å². The molecule has 2 fully saturated rings. The van der Waals surface area contributed by atoms with E-state index in [2.05, 4.69) is 13.8 Å². The lowest BCUT2D eigenvalue weighted by molar-refractivity contribution is -0.197. The largest absolute Gasteiger partial charge is 0.472 e. The van der Waals surface area contributed by atoms with E-state index in [1.54, 1.807) is 30.7 Å². The molecule has 1 aromatic rings. The lowest BCUT2D eigenvalue weighted by atomic mass is 9.38. The van der Waals surface area contributed by atoms with Crippen molar-refractivity contribution in [3.8, 4) is 0 Å². The first-order valence-electron chi connectivity index (χ1n) is 12.2. The maximum atomic E-state index is 13.4. The van der Waals surface area contributed by atoms with Crippen LogP contribution >= 0.6 is 0 Å². The van der Waals surface area contributed by atoms with E-state index >= 15 is 0 Å². The monoisotopic (exact) mass is 466 g/mol. The third-order valence-electron chi connectivity index (χ3n) is 10.1. The van der Waals surface area contributed by atoms with Gasteiger partial charge in [-0.25, -0.2) is 0 Å². The molecule has 6 nitrogen and oxygen atoms in total. The molecule has 0 aliphatic heterocycles. The normalized spacial score (nSPS) is 44.7. The van der Waals surface area contributed by atoms with Gasteiger partial charge in [0.05, 0.1) is 24.5 Å². The zero-order valence-corrected chi connectivity index (χ0v) is 20.8. The fraction of sp³-hybridized carbons (Fsp3) is 0.607. The summed E-state index contributed by atoms with van der Waals surface area (Å²) in [5, 5.41) is 11.7. The molecule has 0 spiro atoms. The van der Waals surface area contributed by atoms with Crippen LogP contribution in [0.15, 0.2) is 46.8 Å². The van der Waals surface area contributed by atoms with Crippen LogP contribution < -0.4 is 0 Å². The van der Waals surface area contributed by atoms with E-state index in [0.29, 0.717) is 12.8 Å². The van der Waals surface area contributed by atoms with Crippen molar-refractivity contribution in [1.29, 1.82) is 0 Å². The maximum Gasteiger partial charge on any atom is 0.302 e. The number of hydrogen-bond donors (Lipinski definition) is 1. The first-order chi connectivity index (χ1) is 15.8. The van der Waals surface area contributed by atoms with Crippen LogP contribution in [0.25, 0.3) is 0 Å². The molecule has 6 heteroatoms. The van der Waals surface area contributed by atoms with Crippen LogP contribution in [0, 0.1) is 33.5 Å². The summed E-state index contributed by atoms with van der Waals surface area (Å²) in [5.41, 5.74) is -0.990. The van der Waals surface area contributed by atoms with Crippen molar-refractivity contribution in [2.45, 2.75) is 72.5 Å². The summed E-state index contributed by atoms with van der Waals surface area (Å²) in [4.78, 5) is 38.6. The molecule has 0 bridgehead atoms. The molecule has 1 N–H and O–H groups in total. The minimum atomic E-state index is -0.850. The molecule has 0 saturated heterocycles. The number of carbonyl (C=O) groups is 3. The molecule has 1 unspecified atom stereocenters. The van der Waals surface area contributed by atoms with Crippen molar-refractivity contribution in [3.63, 3.8) is 0 Å². The van der Waals surface area contributed by atoms with Crippen LogP contribution in [-0.4, -0.2) is 34.9 Å². The molecular formula is C28H34O6. The fourth-order valence-corrected chi connectivity index (χ4v) is 8.36. The smallest absolute Gasteiger partial charge is 0.302 e. The Bertz CT molecular complexity index is 1130. The van der Waals surface area contributed by atoms with Gasteiger partial charge in [0, 0.05) is 28.7 Å². The number of carbonyl (C=O) groups excluding carboxylic acids is 3. The number of ketones is 2. The Hall–Kier alpha value is -2.47. The van der Waals surface area contributed by atoms with Gasteiger partial charge in [-0.05, 0) is 53.9 Å². The third-order valence-corrected chi connectivity index (χ3v) is 10.1. The molecule has 34 heavy (non-hydrogen) atoms. The van der Waals surface area contributed by atoms with Gasteiger partial charge in [-0.3, -0.25) is 14.4 Å². The van der Waals surface area contributed by atoms with Crippen molar-refractivity contribution in [1.82, 2.24) is 0 Å². The van der Waals surface area contributed by atoms with E-state index in [-0.39, 0.29) is 29.4 Å². The van der Waals surface area contributed by atoms with Gasteiger partial charge in [0.25, 0.3) is 0 Å². The number of furan rings is 1. The minimum Gasteiger partial charge on any atom is -0.472 e. The van der Waals surface area contributed by atoms with Crippen LogP contribution in [-0.2, 0) is 19.1 Å². The number of allylic oxidation sites excluding steroid dienone is 3. The molecule has 8 atom stereocenters. The number of rotatable bonds is 2. The molecule has 182 valence electrons. The van der Waals surface area contributed by atoms with Gasteiger partial charge in [-0.15, -0.1) is 0 Å². The highest BCUT2D eigenvalue weighted by atomic mass is 16.5. The van der Waals surface area contributed by atoms with Gasteiger partial charge in [0.1, 0.15) is 6.10 Å². The Kier molecular flexibility index (Phi) is 4.81. The predicted molar refractivity (Wildman–Crippen MR) is 125 cm³/mol. The summed E-state index contributed by atoms with van der Waals surface area (Å²) in [6.45, 7) is 11.5. The number of ether oxygens (including phenoxy) is 1. The second kappa shape index (κ2) is 7.03. The molecule has 4 aliphatic rings. The van der Waals surface area contributed by atoms with Crippen molar-refractivity contribution in [2.24, 2.45) is 33.5 Å². The number of aliphatic hydroxyl groups is 1. The van der Waals surface area contributed by atoms with Crippen LogP contribution in [0.5, 0.6) is 0 Å². The highest BCUT2D eigenvalue weighted by Crippen LogP contribution is 2.72. The molecule has 0 aromatic carbocycles. The van der Waals surface area contributed by atoms with Gasteiger partial charge in [0.2, 0.25) is 0 Å². The Morgan fingerprint density at radius 1 is 1.09 bits per heavy atom. The van der Waals surface area contributed by atoms with Gasteiger partial charge in [-0.1, -0.05) is 40.7 Å². The lowest BCUT2D eigenvalue weighted by Crippen LogP contribution is -2.66. The standard InChI is InChI=1S/C28H34O6/c1-15(29)34-23-13-18-25(2,3)21(31)7-9-26(18,4)19-12-22(32)28(6)20(27(19,23)5)11-17(30)24(28)16-8-10-33-14-16/h7-11,14,18-19,22-24,32H,12-13H2,1-6H3/t18-,19+,22?,23+,24+,26-,27+,28-/m0/s1. The van der Waals surface area contributed by atoms with Gasteiger partial charge in [0.15, 0.2) is 11.6 Å². The molecule has 5 rings (SSSR count). The van der Waals surface area contributed by atoms with Gasteiger partial charge in [-0.2, -0.15) is 0 Å². The fourth-order valence-electron chi connectivity index (χ4n) is 8.36. The zero-order valence-electron chi connectivity index (χ0n) is 20.8. The summed E-state index contributed by atoms with van der Waals surface area (Å²) in [5.74, 6) is -1.14. The minimum absolute atomic E-state index is 0.0663. The van der Waals surface area contributed by atoms with Crippen molar-refractivity contribution < 1.29 is 28.6 Å². The van der Waals surface area contributed by atoms with Crippen LogP contribution in [0.4, 0.5) is 0 Å². The lowest BCUT2D eigenvalue weighted by Gasteiger charge is -2.67. The Balaban J connectivity index is 1.72. The molecule has 4 aliphatic carbocycles. The van der Waals surface area contributed by atoms with Gasteiger partial charge < -0.3 is 14.3 Å². The number of aliphatic hydroxyl groups excluding tert-OH is 1. The first kappa shape index (κ1) is 23.3. The van der Waals surface area contributed by atoms with Gasteiger partial charge >= 0.3 is 5.97 Å². The Morgan fingerprint density at radius 3 is 2.41 bits per heavy atom. The number of esters is 1. The van der Waals surface area contributed by atoms with Crippen LogP contribution in [0.2, 0.25) is 0 Å². The topological polar surface area (TPSA) is 93.8 Å². The Morgan fingerprint density at radius 2 is 1.79 bits per heavy atom. The Labute approximate surface area is 200 Å². The molecule has 0 amide bonds. The van der Waals surface area contributed by atoms with Crippen LogP contribution in [0.3, 0.4) is 0 Å². The predicted octanol–water partition coefficient (Wildman–Crippen LogP) is 4.39. The number of hydrogen-bond acceptors (Lipinski definition) is 6. The van der Waals surface area contributed by atoms with Crippen molar-refractivity contribution >= 4 is 17.5 Å². The molecule has 0 radical (unpaired) electrons. The highest BCUT2D eigenvalue weighted by molar-refractivity contribution is 6.01. The van der Waals surface area contributed by atoms with Crippen molar-refractivity contribution in [3.05, 3.63) is 48.0 Å².